The van der Waals surface area contributed by atoms with Gasteiger partial charge in [-0.15, -0.1) is 0 Å². The number of esters is 1. The Kier molecular flexibility index (Phi) is 15.6. The first-order valence-corrected chi connectivity index (χ1v) is 19.5. The van der Waals surface area contributed by atoms with Gasteiger partial charge in [0.2, 0.25) is 0 Å². The standard InChI is InChI=1S/C39H73NO12/c1-15-28-39(12,46)33(43)24(7)30(41)21(4)17-38(11,45)34(52-36-31(42)27(16-22(5)49-36)40(13)20(2)3)25(8)32(26(9)35(44)50-28)51-29-19-37(10,47-14)18-23(6)48-29/h20-34,36,41-43,45-46H,15-19H2,1-14H3/t21-,22-,23+,24+,25+,26-,27+,28-,29+,30+,31-,32+,33-,34-,36+,37+,38-,39-/m1/s1. The van der Waals surface area contributed by atoms with Crippen LogP contribution in [0.5, 0.6) is 0 Å². The molecule has 13 heteroatoms. The van der Waals surface area contributed by atoms with E-state index in [1.807, 2.05) is 48.6 Å². The number of likely N-dealkylation sites (N-methyl/N-ethyl adjacent to an activating group) is 1. The molecule has 3 heterocycles. The monoisotopic (exact) mass is 748 g/mol. The summed E-state index contributed by atoms with van der Waals surface area (Å²) in [6, 6.07) is -0.158. The summed E-state index contributed by atoms with van der Waals surface area (Å²) in [6.07, 6.45) is -7.59. The number of nitrogens with zero attached hydrogens (tertiary/aromatic N) is 1. The third kappa shape index (κ3) is 10.3. The van der Waals surface area contributed by atoms with Gasteiger partial charge in [0.1, 0.15) is 17.8 Å². The lowest BCUT2D eigenvalue weighted by Crippen LogP contribution is -2.61. The quantitative estimate of drug-likeness (QED) is 0.229. The van der Waals surface area contributed by atoms with E-state index in [0.717, 1.165) is 0 Å². The molecule has 0 aromatic carbocycles. The molecule has 3 fully saturated rings. The Balaban J connectivity index is 2.17. The minimum absolute atomic E-state index is 0.00245. The molecule has 3 aliphatic heterocycles. The molecular formula is C39H73NO12. The first-order chi connectivity index (χ1) is 23.9. The minimum Gasteiger partial charge on any atom is -0.459 e. The predicted molar refractivity (Wildman–Crippen MR) is 195 cm³/mol. The molecule has 3 saturated heterocycles. The molecule has 52 heavy (non-hydrogen) atoms. The Morgan fingerprint density at radius 3 is 2.06 bits per heavy atom. The normalized spacial score (nSPS) is 49.1. The summed E-state index contributed by atoms with van der Waals surface area (Å²) in [4.78, 5) is 16.2. The number of aliphatic hydroxyl groups excluding tert-OH is 3. The Morgan fingerprint density at radius 2 is 1.50 bits per heavy atom. The third-order valence-electron chi connectivity index (χ3n) is 12.4. The van der Waals surface area contributed by atoms with Gasteiger partial charge in [-0.25, -0.2) is 0 Å². The molecule has 0 amide bonds. The van der Waals surface area contributed by atoms with Crippen molar-refractivity contribution < 1.29 is 58.7 Å². The molecule has 0 aromatic heterocycles. The molecule has 0 aromatic rings. The maximum atomic E-state index is 14.1. The molecule has 0 radical (unpaired) electrons. The molecule has 0 spiro atoms. The van der Waals surface area contributed by atoms with Crippen LogP contribution in [0, 0.1) is 23.7 Å². The lowest BCUT2D eigenvalue weighted by Gasteiger charge is -2.49. The number of carbonyl (C=O) groups is 1. The van der Waals surface area contributed by atoms with Crippen molar-refractivity contribution in [2.75, 3.05) is 14.2 Å². The van der Waals surface area contributed by atoms with Gasteiger partial charge in [-0.3, -0.25) is 9.69 Å². The number of cyclic esters (lactones) is 1. The minimum atomic E-state index is -1.91. The summed E-state index contributed by atoms with van der Waals surface area (Å²) in [6.45, 7) is 21.5. The second-order valence-corrected chi connectivity index (χ2v) is 17.5. The van der Waals surface area contributed by atoms with E-state index in [1.165, 1.54) is 6.92 Å². The van der Waals surface area contributed by atoms with Crippen molar-refractivity contribution in [2.24, 2.45) is 23.7 Å². The van der Waals surface area contributed by atoms with Crippen molar-refractivity contribution in [1.82, 2.24) is 4.90 Å². The van der Waals surface area contributed by atoms with Crippen LogP contribution in [0.3, 0.4) is 0 Å². The van der Waals surface area contributed by atoms with E-state index < -0.39 is 95.6 Å². The summed E-state index contributed by atoms with van der Waals surface area (Å²) < 4.78 is 37.8. The van der Waals surface area contributed by atoms with Gasteiger partial charge in [-0.1, -0.05) is 27.7 Å². The molecule has 306 valence electrons. The fourth-order valence-corrected chi connectivity index (χ4v) is 8.91. The average molecular weight is 748 g/mol. The van der Waals surface area contributed by atoms with Crippen LogP contribution in [0.25, 0.3) is 0 Å². The zero-order valence-electron chi connectivity index (χ0n) is 34.3. The fourth-order valence-electron chi connectivity index (χ4n) is 8.91. The van der Waals surface area contributed by atoms with E-state index >= 15 is 0 Å². The molecule has 13 nitrogen and oxygen atoms in total. The average Bonchev–Trinajstić information content (AvgIpc) is 3.06. The lowest BCUT2D eigenvalue weighted by molar-refractivity contribution is -0.311. The zero-order valence-corrected chi connectivity index (χ0v) is 34.3. The third-order valence-corrected chi connectivity index (χ3v) is 12.4. The zero-order chi connectivity index (χ0) is 39.7. The molecule has 0 aliphatic carbocycles. The Labute approximate surface area is 312 Å². The number of methoxy groups -OCH3 is 1. The highest BCUT2D eigenvalue weighted by molar-refractivity contribution is 5.73. The second-order valence-electron chi connectivity index (χ2n) is 17.5. The van der Waals surface area contributed by atoms with Crippen molar-refractivity contribution in [3.05, 3.63) is 0 Å². The topological polar surface area (TPSA) is 177 Å². The van der Waals surface area contributed by atoms with E-state index in [1.54, 1.807) is 41.7 Å². The van der Waals surface area contributed by atoms with Crippen molar-refractivity contribution >= 4 is 5.97 Å². The second kappa shape index (κ2) is 17.9. The molecule has 0 unspecified atom stereocenters. The SMILES string of the molecule is CC[C@H]1OC(=O)[C@H](C)[C@@H](O[C@H]2C[C@@](C)(OC)C[C@H](C)O2)[C@H](C)[C@@H](O[C@@H]2O[C@H](C)C[C@H](N(C)C(C)C)[C@H]2O)[C@](C)(O)C[C@@H](C)[C@H](O)[C@H](C)[C@@H](O)[C@]1(C)O. The number of aliphatic hydroxyl groups is 5. The number of carbonyl (C=O) groups excluding carboxylic acids is 1. The maximum Gasteiger partial charge on any atom is 0.311 e. The van der Waals surface area contributed by atoms with Crippen LogP contribution in [0.4, 0.5) is 0 Å². The van der Waals surface area contributed by atoms with Crippen LogP contribution in [0.15, 0.2) is 0 Å². The predicted octanol–water partition coefficient (Wildman–Crippen LogP) is 3.39. The van der Waals surface area contributed by atoms with Gasteiger partial charge in [-0.05, 0) is 87.6 Å². The highest BCUT2D eigenvalue weighted by atomic mass is 16.7. The molecule has 18 atom stereocenters. The summed E-state index contributed by atoms with van der Waals surface area (Å²) in [5.41, 5.74) is -4.16. The number of ether oxygens (including phenoxy) is 6. The number of hydrogen-bond acceptors (Lipinski definition) is 13. The molecule has 3 aliphatic rings. The van der Waals surface area contributed by atoms with Crippen LogP contribution in [-0.2, 0) is 33.2 Å². The van der Waals surface area contributed by atoms with E-state index in [2.05, 4.69) is 4.90 Å². The lowest BCUT2D eigenvalue weighted by atomic mass is 9.73. The van der Waals surface area contributed by atoms with E-state index in [0.29, 0.717) is 19.3 Å². The first kappa shape index (κ1) is 45.4. The van der Waals surface area contributed by atoms with Crippen LogP contribution in [0.1, 0.15) is 115 Å². The smallest absolute Gasteiger partial charge is 0.311 e. The van der Waals surface area contributed by atoms with Gasteiger partial charge >= 0.3 is 5.97 Å². The molecule has 3 rings (SSSR count). The van der Waals surface area contributed by atoms with E-state index in [4.69, 9.17) is 28.4 Å². The highest BCUT2D eigenvalue weighted by Gasteiger charge is 2.53. The fraction of sp³-hybridized carbons (Fsp3) is 0.974. The largest absolute Gasteiger partial charge is 0.459 e. The van der Waals surface area contributed by atoms with Gasteiger partial charge in [0.05, 0.1) is 53.7 Å². The summed E-state index contributed by atoms with van der Waals surface area (Å²) in [5.74, 6) is -3.88. The Morgan fingerprint density at radius 1 is 0.885 bits per heavy atom. The van der Waals surface area contributed by atoms with E-state index in [9.17, 15) is 30.3 Å². The molecule has 0 bridgehead atoms. The van der Waals surface area contributed by atoms with Gasteiger partial charge in [0.25, 0.3) is 0 Å². The van der Waals surface area contributed by atoms with Crippen LogP contribution < -0.4 is 0 Å². The van der Waals surface area contributed by atoms with Crippen molar-refractivity contribution in [3.8, 4) is 0 Å². The van der Waals surface area contributed by atoms with Crippen molar-refractivity contribution in [2.45, 2.75) is 205 Å². The Bertz CT molecular complexity index is 1140. The highest BCUT2D eigenvalue weighted by Crippen LogP contribution is 2.41. The van der Waals surface area contributed by atoms with Crippen molar-refractivity contribution in [3.63, 3.8) is 0 Å². The van der Waals surface area contributed by atoms with Gasteiger partial charge < -0.3 is 54.0 Å². The van der Waals surface area contributed by atoms with Gasteiger partial charge in [0.15, 0.2) is 12.6 Å². The number of rotatable bonds is 8. The van der Waals surface area contributed by atoms with Crippen LogP contribution in [0.2, 0.25) is 0 Å². The number of hydrogen-bond donors (Lipinski definition) is 5. The first-order valence-electron chi connectivity index (χ1n) is 19.5. The van der Waals surface area contributed by atoms with Crippen molar-refractivity contribution in [1.29, 1.82) is 0 Å². The summed E-state index contributed by atoms with van der Waals surface area (Å²) in [7, 11) is 3.59. The van der Waals surface area contributed by atoms with Gasteiger partial charge in [0, 0.05) is 43.9 Å². The summed E-state index contributed by atoms with van der Waals surface area (Å²) in [5, 5.41) is 58.9. The molecular weight excluding hydrogens is 674 g/mol. The maximum absolute atomic E-state index is 14.1. The Hall–Kier alpha value is -0.970. The molecule has 0 saturated carbocycles. The molecule has 5 N–H and O–H groups in total. The summed E-state index contributed by atoms with van der Waals surface area (Å²) >= 11 is 0. The van der Waals surface area contributed by atoms with Gasteiger partial charge in [-0.2, -0.15) is 0 Å². The van der Waals surface area contributed by atoms with Crippen LogP contribution >= 0.6 is 0 Å². The van der Waals surface area contributed by atoms with Crippen LogP contribution in [-0.4, -0.2) is 141 Å². The van der Waals surface area contributed by atoms with E-state index in [-0.39, 0.29) is 37.1 Å².